The zero-order chi connectivity index (χ0) is 11.1. The summed E-state index contributed by atoms with van der Waals surface area (Å²) in [5, 5.41) is 9.18. The van der Waals surface area contributed by atoms with Crippen LogP contribution in [-0.4, -0.2) is 30.1 Å². The van der Waals surface area contributed by atoms with E-state index in [0.717, 1.165) is 32.5 Å². The zero-order valence-corrected chi connectivity index (χ0v) is 9.79. The molecule has 0 aromatic rings. The molecule has 0 aromatic heterocycles. The summed E-state index contributed by atoms with van der Waals surface area (Å²) in [4.78, 5) is 2.36. The Labute approximate surface area is 92.2 Å². The molecule has 1 unspecified atom stereocenters. The number of hydrogen-bond donors (Lipinski definition) is 1. The van der Waals surface area contributed by atoms with Crippen LogP contribution in [-0.2, 0) is 0 Å². The van der Waals surface area contributed by atoms with Gasteiger partial charge in [-0.05, 0) is 37.1 Å². The lowest BCUT2D eigenvalue weighted by atomic mass is 9.93. The highest BCUT2D eigenvalue weighted by Gasteiger charge is 2.45. The number of nitrogens with zero attached hydrogens (tertiary/aromatic N) is 2. The normalized spacial score (nSPS) is 29.7. The van der Waals surface area contributed by atoms with Crippen LogP contribution < -0.4 is 5.73 Å². The number of rotatable bonds is 3. The molecule has 2 rings (SSSR count). The predicted octanol–water partition coefficient (Wildman–Crippen LogP) is 1.35. The Balaban J connectivity index is 1.94. The minimum absolute atomic E-state index is 0.403. The molecule has 3 heteroatoms. The van der Waals surface area contributed by atoms with E-state index < -0.39 is 5.54 Å². The van der Waals surface area contributed by atoms with Crippen molar-refractivity contribution in [1.29, 1.82) is 5.26 Å². The Morgan fingerprint density at radius 3 is 2.60 bits per heavy atom. The topological polar surface area (TPSA) is 53.0 Å². The summed E-state index contributed by atoms with van der Waals surface area (Å²) in [6, 6.07) is 2.33. The van der Waals surface area contributed by atoms with Gasteiger partial charge in [0.25, 0.3) is 0 Å². The molecule has 0 aromatic carbocycles. The SMILES string of the molecule is CC1(C)CCN(CC(N)(C#N)C2CC2)C1. The second-order valence-electron chi connectivity index (χ2n) is 6.05. The molecule has 0 bridgehead atoms. The predicted molar refractivity (Wildman–Crippen MR) is 60.1 cm³/mol. The minimum Gasteiger partial charge on any atom is -0.312 e. The van der Waals surface area contributed by atoms with Crippen LogP contribution in [0.15, 0.2) is 0 Å². The van der Waals surface area contributed by atoms with Gasteiger partial charge in [-0.25, -0.2) is 0 Å². The van der Waals surface area contributed by atoms with Gasteiger partial charge in [-0.2, -0.15) is 5.26 Å². The smallest absolute Gasteiger partial charge is 0.119 e. The molecule has 2 N–H and O–H groups in total. The van der Waals surface area contributed by atoms with Crippen molar-refractivity contribution in [2.45, 2.75) is 38.6 Å². The molecule has 3 nitrogen and oxygen atoms in total. The van der Waals surface area contributed by atoms with E-state index in [1.807, 2.05) is 0 Å². The molecular formula is C12H21N3. The van der Waals surface area contributed by atoms with E-state index in [1.54, 1.807) is 0 Å². The van der Waals surface area contributed by atoms with Gasteiger partial charge < -0.3 is 5.73 Å². The molecular weight excluding hydrogens is 186 g/mol. The van der Waals surface area contributed by atoms with Gasteiger partial charge in [0.1, 0.15) is 5.54 Å². The molecule has 15 heavy (non-hydrogen) atoms. The molecule has 1 atom stereocenters. The van der Waals surface area contributed by atoms with Crippen molar-refractivity contribution in [3.05, 3.63) is 0 Å². The standard InChI is InChI=1S/C12H21N3/c1-11(2)5-6-15(8-11)9-12(14,7-13)10-3-4-10/h10H,3-6,8-9,14H2,1-2H3. The van der Waals surface area contributed by atoms with Crippen LogP contribution in [0.25, 0.3) is 0 Å². The third kappa shape index (κ3) is 2.32. The molecule has 2 aliphatic rings. The van der Waals surface area contributed by atoms with Crippen LogP contribution >= 0.6 is 0 Å². The second kappa shape index (κ2) is 3.47. The van der Waals surface area contributed by atoms with Crippen LogP contribution in [0.1, 0.15) is 33.1 Å². The van der Waals surface area contributed by atoms with E-state index in [4.69, 9.17) is 5.73 Å². The van der Waals surface area contributed by atoms with Crippen LogP contribution in [0.4, 0.5) is 0 Å². The molecule has 0 amide bonds. The van der Waals surface area contributed by atoms with Gasteiger partial charge in [0.2, 0.25) is 0 Å². The van der Waals surface area contributed by atoms with Crippen molar-refractivity contribution in [3.8, 4) is 6.07 Å². The first-order valence-electron chi connectivity index (χ1n) is 5.88. The van der Waals surface area contributed by atoms with Gasteiger partial charge in [-0.3, -0.25) is 4.90 Å². The fraction of sp³-hybridized carbons (Fsp3) is 0.917. The fourth-order valence-electron chi connectivity index (χ4n) is 2.58. The Morgan fingerprint density at radius 2 is 2.20 bits per heavy atom. The lowest BCUT2D eigenvalue weighted by molar-refractivity contribution is 0.239. The van der Waals surface area contributed by atoms with E-state index in [2.05, 4.69) is 24.8 Å². The Morgan fingerprint density at radius 1 is 1.53 bits per heavy atom. The maximum absolute atomic E-state index is 9.18. The molecule has 0 radical (unpaired) electrons. The molecule has 0 spiro atoms. The van der Waals surface area contributed by atoms with Crippen molar-refractivity contribution in [2.75, 3.05) is 19.6 Å². The highest BCUT2D eigenvalue weighted by atomic mass is 15.2. The lowest BCUT2D eigenvalue weighted by Crippen LogP contribution is -2.50. The maximum Gasteiger partial charge on any atom is 0.119 e. The van der Waals surface area contributed by atoms with E-state index in [1.165, 1.54) is 6.42 Å². The van der Waals surface area contributed by atoms with Crippen LogP contribution in [0.5, 0.6) is 0 Å². The molecule has 1 saturated heterocycles. The minimum atomic E-state index is -0.583. The second-order valence-corrected chi connectivity index (χ2v) is 6.05. The summed E-state index contributed by atoms with van der Waals surface area (Å²) in [5.41, 5.74) is 5.99. The molecule has 1 aliphatic heterocycles. The summed E-state index contributed by atoms with van der Waals surface area (Å²) >= 11 is 0. The van der Waals surface area contributed by atoms with Gasteiger partial charge >= 0.3 is 0 Å². The van der Waals surface area contributed by atoms with Crippen molar-refractivity contribution in [1.82, 2.24) is 4.90 Å². The maximum atomic E-state index is 9.18. The van der Waals surface area contributed by atoms with Crippen LogP contribution in [0, 0.1) is 22.7 Å². The third-order valence-corrected chi connectivity index (χ3v) is 3.76. The summed E-state index contributed by atoms with van der Waals surface area (Å²) in [7, 11) is 0. The largest absolute Gasteiger partial charge is 0.312 e. The molecule has 1 saturated carbocycles. The van der Waals surface area contributed by atoms with Crippen molar-refractivity contribution in [2.24, 2.45) is 17.1 Å². The molecule has 1 aliphatic carbocycles. The average Bonchev–Trinajstić information content (AvgIpc) is 2.93. The van der Waals surface area contributed by atoms with Gasteiger partial charge in [0.05, 0.1) is 6.07 Å². The van der Waals surface area contributed by atoms with Gasteiger partial charge in [0, 0.05) is 13.1 Å². The summed E-state index contributed by atoms with van der Waals surface area (Å²) in [5.74, 6) is 0.450. The van der Waals surface area contributed by atoms with Crippen LogP contribution in [0.2, 0.25) is 0 Å². The van der Waals surface area contributed by atoms with Crippen molar-refractivity contribution >= 4 is 0 Å². The number of hydrogen-bond acceptors (Lipinski definition) is 3. The first kappa shape index (κ1) is 10.9. The Hall–Kier alpha value is -0.590. The number of nitrogens with two attached hydrogens (primary N) is 1. The molecule has 84 valence electrons. The van der Waals surface area contributed by atoms with E-state index >= 15 is 0 Å². The van der Waals surface area contributed by atoms with E-state index in [0.29, 0.717) is 11.3 Å². The van der Waals surface area contributed by atoms with Crippen LogP contribution in [0.3, 0.4) is 0 Å². The lowest BCUT2D eigenvalue weighted by Gasteiger charge is -2.28. The average molecular weight is 207 g/mol. The monoisotopic (exact) mass is 207 g/mol. The van der Waals surface area contributed by atoms with E-state index in [9.17, 15) is 5.26 Å². The zero-order valence-electron chi connectivity index (χ0n) is 9.79. The van der Waals surface area contributed by atoms with E-state index in [-0.39, 0.29) is 0 Å². The number of likely N-dealkylation sites (tertiary alicyclic amines) is 1. The first-order chi connectivity index (χ1) is 6.95. The van der Waals surface area contributed by atoms with Crippen molar-refractivity contribution in [3.63, 3.8) is 0 Å². The van der Waals surface area contributed by atoms with Gasteiger partial charge in [0.15, 0.2) is 0 Å². The first-order valence-corrected chi connectivity index (χ1v) is 5.88. The van der Waals surface area contributed by atoms with Crippen molar-refractivity contribution < 1.29 is 0 Å². The highest BCUT2D eigenvalue weighted by Crippen LogP contribution is 2.39. The van der Waals surface area contributed by atoms with Gasteiger partial charge in [-0.1, -0.05) is 13.8 Å². The van der Waals surface area contributed by atoms with Gasteiger partial charge in [-0.15, -0.1) is 0 Å². The fourth-order valence-corrected chi connectivity index (χ4v) is 2.58. The molecule has 1 heterocycles. The third-order valence-electron chi connectivity index (χ3n) is 3.76. The number of nitriles is 1. The Kier molecular flexibility index (Phi) is 2.52. The Bertz CT molecular complexity index is 288. The molecule has 2 fully saturated rings. The summed E-state index contributed by atoms with van der Waals surface area (Å²) in [6.45, 7) is 7.52. The highest BCUT2D eigenvalue weighted by molar-refractivity contribution is 5.15. The summed E-state index contributed by atoms with van der Waals surface area (Å²) in [6.07, 6.45) is 3.50. The summed E-state index contributed by atoms with van der Waals surface area (Å²) < 4.78 is 0. The quantitative estimate of drug-likeness (QED) is 0.760.